The maximum atomic E-state index is 14.0. The van der Waals surface area contributed by atoms with E-state index in [1.54, 1.807) is 28.4 Å². The van der Waals surface area contributed by atoms with Crippen molar-refractivity contribution in [3.8, 4) is 0 Å². The summed E-state index contributed by atoms with van der Waals surface area (Å²) in [5.74, 6) is -0.718. The van der Waals surface area contributed by atoms with Gasteiger partial charge in [-0.15, -0.1) is 11.3 Å². The Bertz CT molecular complexity index is 869. The van der Waals surface area contributed by atoms with Crippen LogP contribution in [0.4, 0.5) is 4.39 Å². The minimum Gasteiger partial charge on any atom is -0.337 e. The first kappa shape index (κ1) is 20.1. The fraction of sp³-hybridized carbons (Fsp3) is 0.478. The van der Waals surface area contributed by atoms with Gasteiger partial charge in [-0.1, -0.05) is 25.0 Å². The molecule has 0 unspecified atom stereocenters. The minimum atomic E-state index is -0.495. The Morgan fingerprint density at radius 1 is 0.828 bits per heavy atom. The number of fused-ring (bicyclic) bond motifs is 1. The molecule has 1 saturated heterocycles. The van der Waals surface area contributed by atoms with Gasteiger partial charge in [-0.2, -0.15) is 0 Å². The van der Waals surface area contributed by atoms with E-state index in [9.17, 15) is 14.0 Å². The van der Waals surface area contributed by atoms with E-state index in [4.69, 9.17) is 0 Å². The van der Waals surface area contributed by atoms with Crippen molar-refractivity contribution in [1.82, 2.24) is 9.80 Å². The first-order chi connectivity index (χ1) is 14.1. The van der Waals surface area contributed by atoms with Gasteiger partial charge in [-0.3, -0.25) is 9.59 Å². The largest absolute Gasteiger partial charge is 0.337 e. The highest BCUT2D eigenvalue weighted by Crippen LogP contribution is 2.29. The molecule has 0 atom stereocenters. The molecule has 1 aliphatic heterocycles. The van der Waals surface area contributed by atoms with Gasteiger partial charge in [-0.25, -0.2) is 4.39 Å². The van der Waals surface area contributed by atoms with Crippen LogP contribution in [0.1, 0.15) is 62.6 Å². The normalized spacial score (nSPS) is 17.8. The van der Waals surface area contributed by atoms with Gasteiger partial charge < -0.3 is 9.80 Å². The Kier molecular flexibility index (Phi) is 6.28. The number of hydrogen-bond donors (Lipinski definition) is 0. The van der Waals surface area contributed by atoms with E-state index < -0.39 is 5.82 Å². The third-order valence-electron chi connectivity index (χ3n) is 5.88. The molecule has 1 fully saturated rings. The highest BCUT2D eigenvalue weighted by atomic mass is 32.1. The average Bonchev–Trinajstić information content (AvgIpc) is 2.94. The molecule has 2 aromatic rings. The third-order valence-corrected chi connectivity index (χ3v) is 7.11. The zero-order valence-electron chi connectivity index (χ0n) is 16.7. The maximum Gasteiger partial charge on any atom is 0.263 e. The van der Waals surface area contributed by atoms with Crippen LogP contribution in [0.15, 0.2) is 30.3 Å². The number of aryl methyl sites for hydroxylation is 2. The Morgan fingerprint density at radius 3 is 2.28 bits per heavy atom. The number of halogens is 1. The Balaban J connectivity index is 1.43. The van der Waals surface area contributed by atoms with Gasteiger partial charge in [0.2, 0.25) is 0 Å². The van der Waals surface area contributed by atoms with Crippen molar-refractivity contribution in [2.24, 2.45) is 0 Å². The number of hydrogen-bond acceptors (Lipinski definition) is 3. The second-order valence-electron chi connectivity index (χ2n) is 7.89. The molecule has 0 radical (unpaired) electrons. The molecule has 2 aliphatic rings. The average molecular weight is 415 g/mol. The summed E-state index contributed by atoms with van der Waals surface area (Å²) >= 11 is 1.65. The molecular formula is C23H27FN2O2S. The smallest absolute Gasteiger partial charge is 0.263 e. The Labute approximate surface area is 175 Å². The molecule has 6 heteroatoms. The first-order valence-corrected chi connectivity index (χ1v) is 11.4. The van der Waals surface area contributed by atoms with Crippen molar-refractivity contribution in [2.75, 3.05) is 26.2 Å². The fourth-order valence-corrected chi connectivity index (χ4v) is 5.46. The van der Waals surface area contributed by atoms with Gasteiger partial charge in [0, 0.05) is 31.1 Å². The summed E-state index contributed by atoms with van der Waals surface area (Å²) in [5, 5.41) is 0. The second-order valence-corrected chi connectivity index (χ2v) is 9.03. The van der Waals surface area contributed by atoms with Crippen LogP contribution in [0.3, 0.4) is 0 Å². The lowest BCUT2D eigenvalue weighted by molar-refractivity contribution is 0.0718. The molecule has 1 aliphatic carbocycles. The zero-order valence-corrected chi connectivity index (χ0v) is 17.5. The summed E-state index contributed by atoms with van der Waals surface area (Å²) in [6.07, 6.45) is 7.82. The van der Waals surface area contributed by atoms with Crippen LogP contribution in [0.5, 0.6) is 0 Å². The third kappa shape index (κ3) is 4.53. The van der Waals surface area contributed by atoms with Gasteiger partial charge in [0.05, 0.1) is 10.4 Å². The number of nitrogens with zero attached hydrogens (tertiary/aromatic N) is 2. The van der Waals surface area contributed by atoms with Crippen molar-refractivity contribution in [3.63, 3.8) is 0 Å². The van der Waals surface area contributed by atoms with Crippen LogP contribution in [0, 0.1) is 5.82 Å². The quantitative estimate of drug-likeness (QED) is 0.724. The van der Waals surface area contributed by atoms with Crippen LogP contribution in [-0.4, -0.2) is 47.8 Å². The maximum absolute atomic E-state index is 14.0. The summed E-state index contributed by atoms with van der Waals surface area (Å²) in [6, 6.07) is 8.18. The highest BCUT2D eigenvalue weighted by Gasteiger charge is 2.26. The molecular weight excluding hydrogens is 387 g/mol. The van der Waals surface area contributed by atoms with Crippen LogP contribution in [0.25, 0.3) is 0 Å². The predicted octanol–water partition coefficient (Wildman–Crippen LogP) is 4.53. The summed E-state index contributed by atoms with van der Waals surface area (Å²) in [5.41, 5.74) is 1.45. The molecule has 0 saturated carbocycles. The number of thiophene rings is 1. The lowest BCUT2D eigenvalue weighted by atomic mass is 10.00. The number of carbonyl (C=O) groups excluding carboxylic acids is 2. The van der Waals surface area contributed by atoms with Crippen LogP contribution >= 0.6 is 11.3 Å². The van der Waals surface area contributed by atoms with E-state index in [0.717, 1.165) is 17.7 Å². The predicted molar refractivity (Wildman–Crippen MR) is 113 cm³/mol. The molecule has 0 bridgehead atoms. The number of benzene rings is 1. The van der Waals surface area contributed by atoms with Crippen molar-refractivity contribution in [1.29, 1.82) is 0 Å². The van der Waals surface area contributed by atoms with Crippen LogP contribution in [-0.2, 0) is 12.8 Å². The molecule has 1 aromatic heterocycles. The monoisotopic (exact) mass is 414 g/mol. The topological polar surface area (TPSA) is 40.6 Å². The van der Waals surface area contributed by atoms with Crippen molar-refractivity contribution < 1.29 is 14.0 Å². The summed E-state index contributed by atoms with van der Waals surface area (Å²) in [7, 11) is 0. The molecule has 2 heterocycles. The Hall–Kier alpha value is -2.21. The van der Waals surface area contributed by atoms with Crippen LogP contribution in [0.2, 0.25) is 0 Å². The molecule has 4 nitrogen and oxygen atoms in total. The Morgan fingerprint density at radius 2 is 1.52 bits per heavy atom. The number of amides is 2. The summed E-state index contributed by atoms with van der Waals surface area (Å²) in [6.45, 7) is 2.09. The van der Waals surface area contributed by atoms with Gasteiger partial charge >= 0.3 is 0 Å². The van der Waals surface area contributed by atoms with E-state index in [1.165, 1.54) is 48.3 Å². The molecule has 0 spiro atoms. The minimum absolute atomic E-state index is 0.0712. The highest BCUT2D eigenvalue weighted by molar-refractivity contribution is 7.14. The molecule has 29 heavy (non-hydrogen) atoms. The molecule has 2 amide bonds. The van der Waals surface area contributed by atoms with Crippen molar-refractivity contribution >= 4 is 23.2 Å². The SMILES string of the molecule is O=C(c1cc2c(s1)CCCCCC2)N1CCCN(C(=O)c2ccccc2F)CC1. The van der Waals surface area contributed by atoms with Crippen LogP contribution < -0.4 is 0 Å². The van der Waals surface area contributed by atoms with E-state index in [1.807, 2.05) is 4.90 Å². The lowest BCUT2D eigenvalue weighted by Gasteiger charge is -2.22. The van der Waals surface area contributed by atoms with Crippen molar-refractivity contribution in [2.45, 2.75) is 44.9 Å². The summed E-state index contributed by atoms with van der Waals surface area (Å²) < 4.78 is 14.0. The number of carbonyl (C=O) groups is 2. The number of rotatable bonds is 2. The van der Waals surface area contributed by atoms with E-state index >= 15 is 0 Å². The van der Waals surface area contributed by atoms with Gasteiger partial charge in [0.15, 0.2) is 0 Å². The first-order valence-electron chi connectivity index (χ1n) is 10.6. The standard InChI is InChI=1S/C23H27FN2O2S/c24-19-10-6-5-9-18(19)22(27)25-12-7-13-26(15-14-25)23(28)21-16-17-8-3-1-2-4-11-20(17)29-21/h5-6,9-10,16H,1-4,7-8,11-15H2. The molecule has 1 aromatic carbocycles. The van der Waals surface area contributed by atoms with E-state index in [0.29, 0.717) is 32.6 Å². The second kappa shape index (κ2) is 9.08. The lowest BCUT2D eigenvalue weighted by Crippen LogP contribution is -2.37. The zero-order chi connectivity index (χ0) is 20.2. The molecule has 4 rings (SSSR count). The molecule has 154 valence electrons. The van der Waals surface area contributed by atoms with Gasteiger partial charge in [0.25, 0.3) is 11.8 Å². The fourth-order valence-electron chi connectivity index (χ4n) is 4.23. The molecule has 0 N–H and O–H groups in total. The van der Waals surface area contributed by atoms with Crippen molar-refractivity contribution in [3.05, 3.63) is 57.0 Å². The van der Waals surface area contributed by atoms with E-state index in [2.05, 4.69) is 6.07 Å². The van der Waals surface area contributed by atoms with Gasteiger partial charge in [0.1, 0.15) is 5.82 Å². The van der Waals surface area contributed by atoms with Gasteiger partial charge in [-0.05, 0) is 55.9 Å². The summed E-state index contributed by atoms with van der Waals surface area (Å²) in [4.78, 5) is 31.5. The van der Waals surface area contributed by atoms with E-state index in [-0.39, 0.29) is 17.4 Å².